The van der Waals surface area contributed by atoms with Crippen molar-refractivity contribution in [3.05, 3.63) is 48.2 Å². The summed E-state index contributed by atoms with van der Waals surface area (Å²) in [5.74, 6) is -2.55. The Labute approximate surface area is 267 Å². The number of carbonyl (C=O) groups is 1. The number of hydrogen-bond donors (Lipinski definition) is 9. The number of nitrogens with zero attached hydrogens (tertiary/aromatic N) is 5. The zero-order valence-electron chi connectivity index (χ0n) is 23.9. The summed E-state index contributed by atoms with van der Waals surface area (Å²) in [6.45, 7) is -2.15. The highest BCUT2D eigenvalue weighted by molar-refractivity contribution is 7.61. The molecule has 24 nitrogen and oxygen atoms in total. The number of amides is 1. The van der Waals surface area contributed by atoms with Gasteiger partial charge in [0.05, 0.1) is 6.61 Å². The van der Waals surface area contributed by atoms with Gasteiger partial charge >= 0.3 is 23.5 Å². The molecule has 27 heteroatoms. The maximum Gasteiger partial charge on any atom is 0.481 e. The number of fused-ring (bicyclic) bond motifs is 1. The molecule has 0 bridgehead atoms. The smallest absolute Gasteiger partial charge is 0.481 e. The molecule has 0 aromatic carbocycles. The van der Waals surface area contributed by atoms with Gasteiger partial charge in [-0.2, -0.15) is 4.31 Å². The number of aliphatic hydroxyl groups excluding tert-OH is 3. The summed E-state index contributed by atoms with van der Waals surface area (Å²) in [7, 11) is -16.3. The molecule has 0 radical (unpaired) electrons. The van der Waals surface area contributed by atoms with Crippen LogP contribution in [0.15, 0.2) is 48.2 Å². The number of anilines is 1. The first-order valence-electron chi connectivity index (χ1n) is 13.2. The van der Waals surface area contributed by atoms with E-state index in [4.69, 9.17) is 20.9 Å². The number of imidazole rings is 1. The number of hydrogen-bond acceptors (Lipinski definition) is 18. The van der Waals surface area contributed by atoms with Crippen molar-refractivity contribution in [1.29, 1.82) is 0 Å². The minimum atomic E-state index is -5.55. The summed E-state index contributed by atoms with van der Waals surface area (Å²) in [5.41, 5.74) is 11.2. The molecule has 0 spiro atoms. The third kappa shape index (κ3) is 7.94. The van der Waals surface area contributed by atoms with Crippen LogP contribution in [0.5, 0.6) is 0 Å². The molecule has 264 valence electrons. The number of ether oxygens (including phenoxy) is 2. The van der Waals surface area contributed by atoms with Crippen molar-refractivity contribution in [2.75, 3.05) is 18.9 Å². The molecule has 8 atom stereocenters. The van der Waals surface area contributed by atoms with Gasteiger partial charge in [0.2, 0.25) is 12.1 Å². The van der Waals surface area contributed by atoms with E-state index in [-0.39, 0.29) is 29.0 Å². The Hall–Kier alpha value is -3.31. The lowest BCUT2D eigenvalue weighted by molar-refractivity contribution is -0.115. The zero-order valence-corrected chi connectivity index (χ0v) is 26.6. The molecule has 1 amide bonds. The van der Waals surface area contributed by atoms with Gasteiger partial charge in [-0.1, -0.05) is 6.08 Å². The first-order chi connectivity index (χ1) is 22.4. The molecule has 1 saturated heterocycles. The number of nitrogens with two attached hydrogens (primary N) is 2. The molecule has 0 saturated carbocycles. The topological polar surface area (TPSA) is 364 Å². The maximum atomic E-state index is 12.5. The van der Waals surface area contributed by atoms with Crippen LogP contribution in [0.3, 0.4) is 0 Å². The Morgan fingerprint density at radius 1 is 1.04 bits per heavy atom. The zero-order chi connectivity index (χ0) is 35.2. The van der Waals surface area contributed by atoms with Gasteiger partial charge in [-0.05, 0) is 6.42 Å². The van der Waals surface area contributed by atoms with E-state index in [9.17, 15) is 53.4 Å². The second-order valence-electron chi connectivity index (χ2n) is 10.1. The molecule has 0 aliphatic carbocycles. The molecule has 5 unspecified atom stereocenters. The van der Waals surface area contributed by atoms with E-state index >= 15 is 0 Å². The Kier molecular flexibility index (Phi) is 10.1. The van der Waals surface area contributed by atoms with Crippen molar-refractivity contribution >= 4 is 46.4 Å². The molecule has 11 N–H and O–H groups in total. The third-order valence-electron chi connectivity index (χ3n) is 6.82. The standard InChI is InChI=1S/C21H28N7O17P3/c22-17-12-19(25-7-24-17)28(8-26-12)21-16(44-46(33,34)35)14(30)11(43-21)6-41-48(38,39)45-47(36,37)40-5-10-13(29)15(31)20(42-10)27-3-1-2-9(4-27)18(23)32/h1,3-4,7-8,10,13,15-16,20-21,29-31H,2,5-6H2,(H2,23,32)(H,36,37)(H,38,39)(H2,22,24,25)(H2,33,34,35)/t10-,13?,15?,16-,20?,21-/m1/s1. The van der Waals surface area contributed by atoms with E-state index in [1.807, 2.05) is 0 Å². The van der Waals surface area contributed by atoms with E-state index < -0.39 is 91.0 Å². The quantitative estimate of drug-likeness (QED) is 0.105. The number of phosphoric acid groups is 3. The third-order valence-corrected chi connectivity index (χ3v) is 9.91. The number of nitrogen functional groups attached to an aromatic ring is 1. The van der Waals surface area contributed by atoms with Gasteiger partial charge in [-0.25, -0.2) is 28.6 Å². The predicted molar refractivity (Wildman–Crippen MR) is 153 cm³/mol. The van der Waals surface area contributed by atoms with E-state index in [1.165, 1.54) is 23.4 Å². The highest BCUT2D eigenvalue weighted by Gasteiger charge is 2.48. The Morgan fingerprint density at radius 3 is 2.44 bits per heavy atom. The highest BCUT2D eigenvalue weighted by Crippen LogP contribution is 2.61. The number of carbonyl (C=O) groups excluding carboxylic acids is 1. The SMILES string of the molecule is NC(=O)C1=CN(C2O[C@H](COP(=O)(O)OP(=O)(O)OCC3=C(O)[C@@H](OP(=O)(O)O)[C@H](n4cnc5c(N)ncnc54)O3)C(O)C2O)C=CC1. The van der Waals surface area contributed by atoms with E-state index in [0.29, 0.717) is 0 Å². The minimum Gasteiger partial charge on any atom is -0.506 e. The van der Waals surface area contributed by atoms with Crippen LogP contribution in [0.25, 0.3) is 11.2 Å². The number of aromatic nitrogens is 4. The van der Waals surface area contributed by atoms with Crippen molar-refractivity contribution < 1.29 is 80.7 Å². The van der Waals surface area contributed by atoms with Crippen LogP contribution >= 0.6 is 23.5 Å². The lowest BCUT2D eigenvalue weighted by atomic mass is 10.1. The second kappa shape index (κ2) is 13.5. The fraction of sp³-hybridized carbons (Fsp3) is 0.429. The van der Waals surface area contributed by atoms with Gasteiger partial charge in [0.15, 0.2) is 35.3 Å². The van der Waals surface area contributed by atoms with Gasteiger partial charge in [0.1, 0.15) is 43.1 Å². The average Bonchev–Trinajstić information content (AvgIpc) is 3.64. The lowest BCUT2D eigenvalue weighted by Gasteiger charge is -2.28. The lowest BCUT2D eigenvalue weighted by Crippen LogP contribution is -2.40. The van der Waals surface area contributed by atoms with Crippen molar-refractivity contribution in [1.82, 2.24) is 24.4 Å². The average molecular weight is 743 g/mol. The molecule has 2 aromatic heterocycles. The van der Waals surface area contributed by atoms with Gasteiger partial charge in [0, 0.05) is 18.0 Å². The Bertz CT molecular complexity index is 1810. The first-order valence-corrected chi connectivity index (χ1v) is 17.8. The van der Waals surface area contributed by atoms with E-state index in [0.717, 1.165) is 17.2 Å². The minimum absolute atomic E-state index is 0.0224. The van der Waals surface area contributed by atoms with Crippen LogP contribution in [0.1, 0.15) is 12.6 Å². The molecular weight excluding hydrogens is 715 g/mol. The number of allylic oxidation sites excluding steroid dienone is 1. The number of aliphatic hydroxyl groups is 3. The fourth-order valence-electron chi connectivity index (χ4n) is 4.68. The van der Waals surface area contributed by atoms with Gasteiger partial charge < -0.3 is 60.7 Å². The largest absolute Gasteiger partial charge is 0.506 e. The highest BCUT2D eigenvalue weighted by atomic mass is 31.3. The summed E-state index contributed by atoms with van der Waals surface area (Å²) >= 11 is 0. The van der Waals surface area contributed by atoms with Gasteiger partial charge in [0.25, 0.3) is 0 Å². The Balaban J connectivity index is 1.22. The molecule has 3 aliphatic heterocycles. The van der Waals surface area contributed by atoms with Crippen LogP contribution in [-0.2, 0) is 45.8 Å². The summed E-state index contributed by atoms with van der Waals surface area (Å²) < 4.78 is 66.8. The van der Waals surface area contributed by atoms with Crippen molar-refractivity contribution in [2.45, 2.75) is 43.3 Å². The summed E-state index contributed by atoms with van der Waals surface area (Å²) in [6.07, 6.45) is -3.13. The number of rotatable bonds is 13. The summed E-state index contributed by atoms with van der Waals surface area (Å²) in [4.78, 5) is 63.3. The predicted octanol–water partition coefficient (Wildman–Crippen LogP) is -1.53. The first kappa shape index (κ1) is 36.0. The molecule has 2 aromatic rings. The van der Waals surface area contributed by atoms with E-state index in [1.54, 1.807) is 0 Å². The summed E-state index contributed by atoms with van der Waals surface area (Å²) in [6, 6.07) is 0. The van der Waals surface area contributed by atoms with Gasteiger partial charge in [-0.15, -0.1) is 0 Å². The molecule has 5 rings (SSSR count). The number of primary amides is 1. The van der Waals surface area contributed by atoms with Crippen LogP contribution in [-0.4, -0.2) is 109 Å². The molecular formula is C21H28N7O17P3. The van der Waals surface area contributed by atoms with Crippen molar-refractivity contribution in [2.24, 2.45) is 5.73 Å². The summed E-state index contributed by atoms with van der Waals surface area (Å²) in [5, 5.41) is 31.4. The van der Waals surface area contributed by atoms with Crippen LogP contribution < -0.4 is 11.5 Å². The normalized spacial score (nSPS) is 28.7. The monoisotopic (exact) mass is 743 g/mol. The van der Waals surface area contributed by atoms with E-state index in [2.05, 4.69) is 32.8 Å². The Morgan fingerprint density at radius 2 is 1.75 bits per heavy atom. The fourth-order valence-corrected chi connectivity index (χ4v) is 7.21. The molecule has 3 aliphatic rings. The molecule has 5 heterocycles. The van der Waals surface area contributed by atoms with Crippen molar-refractivity contribution in [3.8, 4) is 0 Å². The molecule has 48 heavy (non-hydrogen) atoms. The van der Waals surface area contributed by atoms with Crippen molar-refractivity contribution in [3.63, 3.8) is 0 Å². The second-order valence-corrected chi connectivity index (χ2v) is 14.3. The van der Waals surface area contributed by atoms with Gasteiger partial charge in [-0.3, -0.25) is 22.9 Å². The van der Waals surface area contributed by atoms with Crippen LogP contribution in [0.4, 0.5) is 5.82 Å². The maximum absolute atomic E-state index is 12.5. The number of phosphoric ester groups is 3. The molecule has 1 fully saturated rings. The van der Waals surface area contributed by atoms with Crippen LogP contribution in [0.2, 0.25) is 0 Å². The van der Waals surface area contributed by atoms with Crippen LogP contribution in [0, 0.1) is 0 Å².